The molecule has 0 bridgehead atoms. The quantitative estimate of drug-likeness (QED) is 0.725. The minimum absolute atomic E-state index is 0.340. The number of hydrogen-bond acceptors (Lipinski definition) is 4. The van der Waals surface area contributed by atoms with Crippen LogP contribution in [0.15, 0.2) is 16.3 Å². The largest absolute Gasteiger partial charge is 0.462 e. The van der Waals surface area contributed by atoms with E-state index >= 15 is 0 Å². The molecule has 0 spiro atoms. The third kappa shape index (κ3) is 2.38. The Kier molecular flexibility index (Phi) is 3.62. The maximum absolute atomic E-state index is 11.3. The lowest BCUT2D eigenvalue weighted by Crippen LogP contribution is -2.05. The maximum atomic E-state index is 11.3. The standard InChI is InChI=1S/C8H10O3S2/c1-3-11-8(9)7-6(13(2)10)4-5-12-7/h4-5H,3H2,1-2H3. The molecule has 5 heteroatoms. The number of esters is 1. The van der Waals surface area contributed by atoms with Crippen LogP contribution >= 0.6 is 11.3 Å². The van der Waals surface area contributed by atoms with Crippen LogP contribution in [-0.4, -0.2) is 23.0 Å². The zero-order valence-corrected chi connectivity index (χ0v) is 9.04. The van der Waals surface area contributed by atoms with E-state index in [-0.39, 0.29) is 5.97 Å². The Morgan fingerprint density at radius 1 is 1.69 bits per heavy atom. The zero-order valence-electron chi connectivity index (χ0n) is 7.40. The summed E-state index contributed by atoms with van der Waals surface area (Å²) >= 11 is 1.26. The third-order valence-electron chi connectivity index (χ3n) is 1.40. The molecule has 0 aliphatic rings. The molecule has 3 nitrogen and oxygen atoms in total. The first kappa shape index (κ1) is 10.4. The van der Waals surface area contributed by atoms with Crippen molar-refractivity contribution in [2.75, 3.05) is 12.9 Å². The summed E-state index contributed by atoms with van der Waals surface area (Å²) in [5.41, 5.74) is 0. The van der Waals surface area contributed by atoms with Gasteiger partial charge in [-0.1, -0.05) is 0 Å². The Labute approximate surface area is 83.2 Å². The van der Waals surface area contributed by atoms with Gasteiger partial charge in [-0.05, 0) is 18.4 Å². The Hall–Kier alpha value is -0.680. The normalized spacial score (nSPS) is 12.5. The van der Waals surface area contributed by atoms with Crippen LogP contribution in [0.25, 0.3) is 0 Å². The van der Waals surface area contributed by atoms with Crippen LogP contribution in [0.4, 0.5) is 0 Å². The second kappa shape index (κ2) is 4.53. The minimum Gasteiger partial charge on any atom is -0.462 e. The lowest BCUT2D eigenvalue weighted by Gasteiger charge is -2.00. The van der Waals surface area contributed by atoms with Gasteiger partial charge in [0.2, 0.25) is 0 Å². The lowest BCUT2D eigenvalue weighted by molar-refractivity contribution is 0.0528. The van der Waals surface area contributed by atoms with Crippen LogP contribution in [0.5, 0.6) is 0 Å². The number of ether oxygens (including phenoxy) is 1. The number of thiophene rings is 1. The summed E-state index contributed by atoms with van der Waals surface area (Å²) < 4.78 is 16.0. The van der Waals surface area contributed by atoms with E-state index in [2.05, 4.69) is 0 Å². The maximum Gasteiger partial charge on any atom is 0.349 e. The summed E-state index contributed by atoms with van der Waals surface area (Å²) in [5.74, 6) is -0.386. The molecule has 0 aliphatic heterocycles. The highest BCUT2D eigenvalue weighted by Gasteiger charge is 2.15. The molecule has 0 saturated carbocycles. The highest BCUT2D eigenvalue weighted by Crippen LogP contribution is 2.20. The van der Waals surface area contributed by atoms with Crippen LogP contribution in [0.1, 0.15) is 16.6 Å². The smallest absolute Gasteiger partial charge is 0.349 e. The van der Waals surface area contributed by atoms with Gasteiger partial charge in [0.1, 0.15) is 4.88 Å². The highest BCUT2D eigenvalue weighted by molar-refractivity contribution is 7.84. The van der Waals surface area contributed by atoms with E-state index in [1.54, 1.807) is 24.6 Å². The van der Waals surface area contributed by atoms with Gasteiger partial charge in [-0.15, -0.1) is 11.3 Å². The van der Waals surface area contributed by atoms with Crippen molar-refractivity contribution in [2.45, 2.75) is 11.8 Å². The molecule has 13 heavy (non-hydrogen) atoms. The molecule has 0 amide bonds. The summed E-state index contributed by atoms with van der Waals surface area (Å²) in [4.78, 5) is 12.3. The SMILES string of the molecule is CCOC(=O)c1sccc1S(C)=O. The summed E-state index contributed by atoms with van der Waals surface area (Å²) in [6.07, 6.45) is 1.55. The Morgan fingerprint density at radius 2 is 2.38 bits per heavy atom. The fraction of sp³-hybridized carbons (Fsp3) is 0.375. The Balaban J connectivity index is 2.93. The first-order chi connectivity index (χ1) is 6.16. The lowest BCUT2D eigenvalue weighted by atomic mass is 10.5. The molecular formula is C8H10O3S2. The summed E-state index contributed by atoms with van der Waals surface area (Å²) in [7, 11) is -1.12. The van der Waals surface area contributed by atoms with Crippen molar-refractivity contribution in [1.82, 2.24) is 0 Å². The molecule has 1 heterocycles. The first-order valence-electron chi connectivity index (χ1n) is 3.74. The zero-order chi connectivity index (χ0) is 9.84. The molecule has 1 atom stereocenters. The Morgan fingerprint density at radius 3 is 2.92 bits per heavy atom. The van der Waals surface area contributed by atoms with Crippen molar-refractivity contribution >= 4 is 28.1 Å². The number of hydrogen-bond donors (Lipinski definition) is 0. The molecule has 72 valence electrons. The van der Waals surface area contributed by atoms with Gasteiger partial charge in [0.25, 0.3) is 0 Å². The summed E-state index contributed by atoms with van der Waals surface area (Å²) in [6.45, 7) is 2.08. The van der Waals surface area contributed by atoms with Crippen LogP contribution in [0, 0.1) is 0 Å². The van der Waals surface area contributed by atoms with Crippen molar-refractivity contribution in [3.63, 3.8) is 0 Å². The van der Waals surface area contributed by atoms with Gasteiger partial charge in [-0.2, -0.15) is 0 Å². The molecule has 0 radical (unpaired) electrons. The average Bonchev–Trinajstić information content (AvgIpc) is 2.52. The van der Waals surface area contributed by atoms with Gasteiger partial charge in [0.05, 0.1) is 22.3 Å². The molecule has 1 unspecified atom stereocenters. The minimum atomic E-state index is -1.12. The molecule has 0 aromatic carbocycles. The predicted octanol–water partition coefficient (Wildman–Crippen LogP) is 1.66. The molecule has 1 rings (SSSR count). The number of carbonyl (C=O) groups excluding carboxylic acids is 1. The second-order valence-corrected chi connectivity index (χ2v) is 4.55. The highest BCUT2D eigenvalue weighted by atomic mass is 32.2. The van der Waals surface area contributed by atoms with E-state index in [0.717, 1.165) is 0 Å². The topological polar surface area (TPSA) is 43.4 Å². The van der Waals surface area contributed by atoms with Crippen molar-refractivity contribution in [1.29, 1.82) is 0 Å². The van der Waals surface area contributed by atoms with Crippen molar-refractivity contribution in [3.05, 3.63) is 16.3 Å². The van der Waals surface area contributed by atoms with E-state index in [9.17, 15) is 9.00 Å². The van der Waals surface area contributed by atoms with Crippen LogP contribution in [-0.2, 0) is 15.5 Å². The Bertz CT molecular complexity index is 330. The summed E-state index contributed by atoms with van der Waals surface area (Å²) in [5, 5.41) is 1.74. The molecule has 1 aromatic rings. The van der Waals surface area contributed by atoms with Crippen LogP contribution < -0.4 is 0 Å². The van der Waals surface area contributed by atoms with E-state index in [1.165, 1.54) is 11.3 Å². The molecule has 0 fully saturated rings. The first-order valence-corrected chi connectivity index (χ1v) is 6.18. The van der Waals surface area contributed by atoms with Gasteiger partial charge >= 0.3 is 5.97 Å². The van der Waals surface area contributed by atoms with Crippen LogP contribution in [0.2, 0.25) is 0 Å². The van der Waals surface area contributed by atoms with Crippen molar-refractivity contribution in [3.8, 4) is 0 Å². The average molecular weight is 218 g/mol. The molecular weight excluding hydrogens is 208 g/mol. The fourth-order valence-corrected chi connectivity index (χ4v) is 2.74. The molecule has 0 aliphatic carbocycles. The van der Waals surface area contributed by atoms with Gasteiger partial charge in [0, 0.05) is 6.26 Å². The van der Waals surface area contributed by atoms with Gasteiger partial charge < -0.3 is 4.74 Å². The number of rotatable bonds is 3. The summed E-state index contributed by atoms with van der Waals surface area (Å²) in [6, 6.07) is 1.69. The predicted molar refractivity (Wildman–Crippen MR) is 52.6 cm³/mol. The van der Waals surface area contributed by atoms with E-state index in [1.807, 2.05) is 0 Å². The third-order valence-corrected chi connectivity index (χ3v) is 3.38. The van der Waals surface area contributed by atoms with E-state index in [4.69, 9.17) is 4.74 Å². The van der Waals surface area contributed by atoms with Gasteiger partial charge in [0.15, 0.2) is 0 Å². The van der Waals surface area contributed by atoms with Crippen LogP contribution in [0.3, 0.4) is 0 Å². The van der Waals surface area contributed by atoms with E-state index < -0.39 is 10.8 Å². The second-order valence-electron chi connectivity index (χ2n) is 2.29. The van der Waals surface area contributed by atoms with E-state index in [0.29, 0.717) is 16.4 Å². The molecule has 0 saturated heterocycles. The van der Waals surface area contributed by atoms with Gasteiger partial charge in [-0.3, -0.25) is 4.21 Å². The monoisotopic (exact) mass is 218 g/mol. The number of carbonyl (C=O) groups is 1. The van der Waals surface area contributed by atoms with Crippen molar-refractivity contribution < 1.29 is 13.7 Å². The molecule has 1 aromatic heterocycles. The molecule has 0 N–H and O–H groups in total. The van der Waals surface area contributed by atoms with Crippen molar-refractivity contribution in [2.24, 2.45) is 0 Å². The van der Waals surface area contributed by atoms with Gasteiger partial charge in [-0.25, -0.2) is 4.79 Å². The fourth-order valence-electron chi connectivity index (χ4n) is 0.869.